The lowest BCUT2D eigenvalue weighted by Crippen LogP contribution is -2.26. The second-order valence-electron chi connectivity index (χ2n) is 9.33. The molecule has 216 valence electrons. The quantitative estimate of drug-likeness (QED) is 0.237. The predicted molar refractivity (Wildman–Crippen MR) is 139 cm³/mol. The van der Waals surface area contributed by atoms with Crippen LogP contribution in [0.3, 0.4) is 0 Å². The number of aromatic nitrogens is 5. The Morgan fingerprint density at radius 2 is 1.83 bits per heavy atom. The van der Waals surface area contributed by atoms with Crippen LogP contribution in [0.15, 0.2) is 24.5 Å². The van der Waals surface area contributed by atoms with Crippen LogP contribution < -0.4 is 25.8 Å². The Morgan fingerprint density at radius 1 is 1.07 bits per heavy atom. The van der Waals surface area contributed by atoms with Gasteiger partial charge in [-0.3, -0.25) is 0 Å². The maximum absolute atomic E-state index is 16.3. The molecule has 1 unspecified atom stereocenters. The molecule has 0 amide bonds. The van der Waals surface area contributed by atoms with E-state index >= 15 is 4.39 Å². The van der Waals surface area contributed by atoms with Crippen molar-refractivity contribution in [2.24, 2.45) is 0 Å². The van der Waals surface area contributed by atoms with Crippen LogP contribution in [0.25, 0.3) is 22.2 Å². The van der Waals surface area contributed by atoms with Gasteiger partial charge < -0.3 is 25.8 Å². The highest BCUT2D eigenvalue weighted by molar-refractivity contribution is 5.96. The van der Waals surface area contributed by atoms with E-state index in [0.29, 0.717) is 37.9 Å². The van der Waals surface area contributed by atoms with Crippen molar-refractivity contribution in [1.29, 1.82) is 0 Å². The zero-order valence-corrected chi connectivity index (χ0v) is 21.9. The molecule has 0 saturated heterocycles. The predicted octanol–water partition coefficient (Wildman–Crippen LogP) is 4.42. The first-order valence-corrected chi connectivity index (χ1v) is 12.6. The van der Waals surface area contributed by atoms with Crippen molar-refractivity contribution in [1.82, 2.24) is 30.2 Å². The van der Waals surface area contributed by atoms with E-state index in [0.717, 1.165) is 6.92 Å². The monoisotopic (exact) mass is 576 g/mol. The van der Waals surface area contributed by atoms with Crippen LogP contribution in [-0.2, 0) is 12.8 Å². The lowest BCUT2D eigenvalue weighted by Gasteiger charge is -2.21. The summed E-state index contributed by atoms with van der Waals surface area (Å²) in [6.45, 7) is 3.94. The highest BCUT2D eigenvalue weighted by Crippen LogP contribution is 2.44. The first-order chi connectivity index (χ1) is 19.5. The van der Waals surface area contributed by atoms with E-state index in [-0.39, 0.29) is 29.7 Å². The molecule has 4 heterocycles. The number of alkyl halides is 3. The number of nitrogens with one attached hydrogen (secondary N) is 2. The fourth-order valence-corrected chi connectivity index (χ4v) is 4.43. The number of nitrogens with zero attached hydrogens (tertiary/aromatic N) is 5. The largest absolute Gasteiger partial charge is 0.474 e. The van der Waals surface area contributed by atoms with E-state index in [1.54, 1.807) is 13.0 Å². The zero-order chi connectivity index (χ0) is 29.3. The molecule has 0 fully saturated rings. The van der Waals surface area contributed by atoms with E-state index in [2.05, 4.69) is 35.6 Å². The van der Waals surface area contributed by atoms with E-state index in [4.69, 9.17) is 15.2 Å². The minimum Gasteiger partial charge on any atom is -0.474 e. The highest BCUT2D eigenvalue weighted by atomic mass is 19.4. The van der Waals surface area contributed by atoms with Crippen molar-refractivity contribution in [2.45, 2.75) is 39.2 Å². The lowest BCUT2D eigenvalue weighted by molar-refractivity contribution is -0.137. The minimum absolute atomic E-state index is 0.00340. The fraction of sp³-hybridized carbons (Fsp3) is 0.346. The van der Waals surface area contributed by atoms with Crippen LogP contribution in [0.2, 0.25) is 0 Å². The maximum atomic E-state index is 16.3. The summed E-state index contributed by atoms with van der Waals surface area (Å²) >= 11 is 0. The Balaban J connectivity index is 1.77. The SMILES string of the molecule is Cc1c(F)c(N)cc(-c2nc3c4c(nc(OCc5ncccn5)nc4c2F)NCCNCCC(C)O3)c1C(F)(F)F. The number of rotatable bonds is 4. The molecule has 1 aliphatic heterocycles. The van der Waals surface area contributed by atoms with Gasteiger partial charge in [0.2, 0.25) is 5.88 Å². The maximum Gasteiger partial charge on any atom is 0.417 e. The van der Waals surface area contributed by atoms with E-state index < -0.39 is 57.5 Å². The Kier molecular flexibility index (Phi) is 7.71. The molecule has 4 N–H and O–H groups in total. The number of nitrogen functional groups attached to an aromatic ring is 1. The van der Waals surface area contributed by atoms with Crippen molar-refractivity contribution in [3.63, 3.8) is 0 Å². The molecule has 3 aromatic heterocycles. The van der Waals surface area contributed by atoms with Gasteiger partial charge in [0.15, 0.2) is 18.2 Å². The Labute approximate surface area is 230 Å². The summed E-state index contributed by atoms with van der Waals surface area (Å²) < 4.78 is 85.1. The third kappa shape index (κ3) is 5.75. The van der Waals surface area contributed by atoms with Crippen LogP contribution in [0.4, 0.5) is 33.5 Å². The van der Waals surface area contributed by atoms with Gasteiger partial charge in [0.1, 0.15) is 28.2 Å². The molecule has 0 saturated carbocycles. The number of halogens is 5. The average Bonchev–Trinajstić information content (AvgIpc) is 2.96. The minimum atomic E-state index is -5.06. The van der Waals surface area contributed by atoms with Gasteiger partial charge in [-0.2, -0.15) is 23.1 Å². The second kappa shape index (κ2) is 11.2. The van der Waals surface area contributed by atoms with E-state index in [1.165, 1.54) is 12.4 Å². The first-order valence-electron chi connectivity index (χ1n) is 12.6. The van der Waals surface area contributed by atoms with Gasteiger partial charge in [0, 0.05) is 31.0 Å². The van der Waals surface area contributed by atoms with Crippen LogP contribution in [0, 0.1) is 18.6 Å². The van der Waals surface area contributed by atoms with Crippen LogP contribution in [-0.4, -0.2) is 50.7 Å². The standard InChI is InChI=1S/C26H25F5N8O2/c1-12-4-7-33-8-9-36-23-17-22(38-25(39-23)40-11-16-34-5-3-6-35-16)20(28)21(37-24(17)41-12)14-10-15(32)19(27)13(2)18(14)26(29,30)31/h3,5-6,10,12,33H,4,7-9,11,32H2,1-2H3,(H,36,38,39). The molecule has 10 nitrogen and oxygen atoms in total. The van der Waals surface area contributed by atoms with Crippen molar-refractivity contribution in [3.8, 4) is 23.1 Å². The highest BCUT2D eigenvalue weighted by Gasteiger charge is 2.39. The number of hydrogen-bond donors (Lipinski definition) is 3. The molecule has 0 bridgehead atoms. The fourth-order valence-electron chi connectivity index (χ4n) is 4.43. The molecule has 0 aliphatic carbocycles. The molecule has 1 aliphatic rings. The molecule has 15 heteroatoms. The number of hydrogen-bond acceptors (Lipinski definition) is 10. The van der Waals surface area contributed by atoms with Gasteiger partial charge in [0.25, 0.3) is 0 Å². The molecule has 1 aromatic carbocycles. The number of benzene rings is 1. The zero-order valence-electron chi connectivity index (χ0n) is 21.9. The summed E-state index contributed by atoms with van der Waals surface area (Å²) in [5.41, 5.74) is 0.931. The van der Waals surface area contributed by atoms with Gasteiger partial charge in [0.05, 0.1) is 17.4 Å². The van der Waals surface area contributed by atoms with Gasteiger partial charge in [-0.25, -0.2) is 23.7 Å². The molecule has 41 heavy (non-hydrogen) atoms. The topological polar surface area (TPSA) is 133 Å². The summed E-state index contributed by atoms with van der Waals surface area (Å²) in [4.78, 5) is 20.8. The molecule has 5 rings (SSSR count). The summed E-state index contributed by atoms with van der Waals surface area (Å²) in [7, 11) is 0. The third-order valence-corrected chi connectivity index (χ3v) is 6.38. The second-order valence-corrected chi connectivity index (χ2v) is 9.33. The summed E-state index contributed by atoms with van der Waals surface area (Å²) in [6.07, 6.45) is -2.01. The van der Waals surface area contributed by atoms with Crippen molar-refractivity contribution < 1.29 is 31.4 Å². The van der Waals surface area contributed by atoms with Crippen molar-refractivity contribution in [2.75, 3.05) is 30.7 Å². The van der Waals surface area contributed by atoms with Gasteiger partial charge >= 0.3 is 12.2 Å². The summed E-state index contributed by atoms with van der Waals surface area (Å²) in [5, 5.41) is 6.29. The average molecular weight is 577 g/mol. The van der Waals surface area contributed by atoms with E-state index in [9.17, 15) is 17.6 Å². The first kappa shape index (κ1) is 28.1. The number of pyridine rings is 1. The van der Waals surface area contributed by atoms with Crippen LogP contribution >= 0.6 is 0 Å². The van der Waals surface area contributed by atoms with Gasteiger partial charge in [-0.15, -0.1) is 0 Å². The van der Waals surface area contributed by atoms with Gasteiger partial charge in [-0.1, -0.05) is 0 Å². The van der Waals surface area contributed by atoms with E-state index in [1.807, 2.05) is 0 Å². The third-order valence-electron chi connectivity index (χ3n) is 6.38. The molecular formula is C26H25F5N8O2. The Hall–Kier alpha value is -4.40. The number of anilines is 2. The smallest absolute Gasteiger partial charge is 0.417 e. The van der Waals surface area contributed by atoms with Gasteiger partial charge in [-0.05, 0) is 44.5 Å². The molecule has 4 aromatic rings. The van der Waals surface area contributed by atoms with Crippen molar-refractivity contribution >= 4 is 22.4 Å². The van der Waals surface area contributed by atoms with Crippen LogP contribution in [0.5, 0.6) is 11.9 Å². The normalized spacial score (nSPS) is 16.0. The Morgan fingerprint density at radius 3 is 2.56 bits per heavy atom. The molecule has 0 spiro atoms. The molecule has 1 atom stereocenters. The molecular weight excluding hydrogens is 551 g/mol. The number of ether oxygens (including phenoxy) is 2. The summed E-state index contributed by atoms with van der Waals surface area (Å²) in [5.74, 6) is -2.31. The van der Waals surface area contributed by atoms with Crippen molar-refractivity contribution in [3.05, 3.63) is 53.1 Å². The Bertz CT molecular complexity index is 1590. The van der Waals surface area contributed by atoms with Crippen LogP contribution in [0.1, 0.15) is 30.3 Å². The number of nitrogens with two attached hydrogens (primary N) is 1. The lowest BCUT2D eigenvalue weighted by atomic mass is 9.96. The molecule has 0 radical (unpaired) electrons. The summed E-state index contributed by atoms with van der Waals surface area (Å²) in [6, 6.07) is 2.03.